The standard InChI is InChI=1S/C24H25ClN4O3S/c25-19-12-11-18(33-19)23(31)28(14-13-16-7-3-1-4-8-16)20-21(26)29(24(32)27-22(20)30)15-17-9-5-2-6-10-17/h2,5-7,9-12H,1,3-4,8,13-15,26H2,(H,27,30,32). The maximum Gasteiger partial charge on any atom is 0.330 e. The number of H-pyrrole nitrogens is 1. The zero-order valence-electron chi connectivity index (χ0n) is 18.1. The van der Waals surface area contributed by atoms with E-state index < -0.39 is 11.2 Å². The highest BCUT2D eigenvalue weighted by Crippen LogP contribution is 2.28. The first kappa shape index (κ1) is 23.1. The van der Waals surface area contributed by atoms with Crippen LogP contribution < -0.4 is 21.9 Å². The van der Waals surface area contributed by atoms with Gasteiger partial charge in [0.1, 0.15) is 5.82 Å². The van der Waals surface area contributed by atoms with E-state index in [0.29, 0.717) is 15.6 Å². The van der Waals surface area contributed by atoms with Crippen LogP contribution in [0.3, 0.4) is 0 Å². The lowest BCUT2D eigenvalue weighted by atomic mass is 9.97. The second kappa shape index (κ2) is 10.2. The first-order valence-electron chi connectivity index (χ1n) is 10.9. The lowest BCUT2D eigenvalue weighted by Gasteiger charge is -2.25. The number of rotatable bonds is 7. The minimum atomic E-state index is -0.685. The molecule has 1 aromatic carbocycles. The molecule has 0 saturated carbocycles. The number of aromatic amines is 1. The Bertz CT molecular complexity index is 1290. The van der Waals surface area contributed by atoms with E-state index in [1.54, 1.807) is 12.1 Å². The number of aromatic nitrogens is 2. The van der Waals surface area contributed by atoms with Crippen molar-refractivity contribution < 1.29 is 4.79 Å². The number of carbonyl (C=O) groups excluding carboxylic acids is 1. The van der Waals surface area contributed by atoms with Gasteiger partial charge in [-0.15, -0.1) is 11.3 Å². The Labute approximate surface area is 200 Å². The average molecular weight is 485 g/mol. The molecule has 1 amide bonds. The van der Waals surface area contributed by atoms with Crippen molar-refractivity contribution in [3.05, 3.63) is 89.7 Å². The van der Waals surface area contributed by atoms with E-state index in [2.05, 4.69) is 11.1 Å². The van der Waals surface area contributed by atoms with E-state index >= 15 is 0 Å². The average Bonchev–Trinajstić information content (AvgIpc) is 3.26. The highest BCUT2D eigenvalue weighted by Gasteiger charge is 2.26. The fraction of sp³-hybridized carbons (Fsp3) is 0.292. The molecule has 33 heavy (non-hydrogen) atoms. The number of amides is 1. The molecule has 3 N–H and O–H groups in total. The van der Waals surface area contributed by atoms with Crippen LogP contribution in [0, 0.1) is 0 Å². The zero-order valence-corrected chi connectivity index (χ0v) is 19.6. The zero-order chi connectivity index (χ0) is 23.4. The summed E-state index contributed by atoms with van der Waals surface area (Å²) in [5.74, 6) is -0.411. The van der Waals surface area contributed by atoms with E-state index in [9.17, 15) is 14.4 Å². The number of allylic oxidation sites excluding steroid dienone is 1. The second-order valence-corrected chi connectivity index (χ2v) is 9.70. The molecule has 3 aromatic rings. The van der Waals surface area contributed by atoms with Crippen LogP contribution >= 0.6 is 22.9 Å². The Morgan fingerprint density at radius 1 is 1.15 bits per heavy atom. The number of nitrogens with one attached hydrogen (secondary N) is 1. The van der Waals surface area contributed by atoms with Crippen molar-refractivity contribution in [3.63, 3.8) is 0 Å². The lowest BCUT2D eigenvalue weighted by molar-refractivity contribution is 0.0990. The van der Waals surface area contributed by atoms with Gasteiger partial charge >= 0.3 is 5.69 Å². The number of benzene rings is 1. The summed E-state index contributed by atoms with van der Waals surface area (Å²) < 4.78 is 1.76. The summed E-state index contributed by atoms with van der Waals surface area (Å²) in [5, 5.41) is 0. The van der Waals surface area contributed by atoms with Crippen molar-refractivity contribution in [2.24, 2.45) is 0 Å². The molecule has 0 saturated heterocycles. The molecule has 2 heterocycles. The predicted molar refractivity (Wildman–Crippen MR) is 133 cm³/mol. The number of nitrogens with two attached hydrogens (primary N) is 1. The van der Waals surface area contributed by atoms with Gasteiger partial charge in [-0.05, 0) is 49.8 Å². The Morgan fingerprint density at radius 2 is 1.94 bits per heavy atom. The fourth-order valence-electron chi connectivity index (χ4n) is 4.03. The SMILES string of the molecule is Nc1c(N(CCC2=CCCCC2)C(=O)c2ccc(Cl)s2)c(=O)[nH]c(=O)n1Cc1ccccc1. The molecule has 1 aliphatic carbocycles. The Hall–Kier alpha value is -3.10. The van der Waals surface area contributed by atoms with E-state index in [-0.39, 0.29) is 30.5 Å². The van der Waals surface area contributed by atoms with Crippen LogP contribution in [0.2, 0.25) is 4.34 Å². The molecule has 2 aromatic heterocycles. The van der Waals surface area contributed by atoms with Gasteiger partial charge in [-0.2, -0.15) is 0 Å². The molecule has 4 rings (SSSR count). The number of nitrogen functional groups attached to an aromatic ring is 1. The van der Waals surface area contributed by atoms with Crippen molar-refractivity contribution >= 4 is 40.4 Å². The molecule has 0 atom stereocenters. The number of halogens is 1. The molecule has 9 heteroatoms. The first-order chi connectivity index (χ1) is 15.9. The normalized spacial score (nSPS) is 13.5. The highest BCUT2D eigenvalue weighted by atomic mass is 35.5. The summed E-state index contributed by atoms with van der Waals surface area (Å²) in [6.45, 7) is 0.449. The minimum Gasteiger partial charge on any atom is -0.383 e. The number of hydrogen-bond donors (Lipinski definition) is 2. The van der Waals surface area contributed by atoms with Gasteiger partial charge in [0, 0.05) is 6.54 Å². The largest absolute Gasteiger partial charge is 0.383 e. The van der Waals surface area contributed by atoms with Gasteiger partial charge in [0.05, 0.1) is 15.8 Å². The van der Waals surface area contributed by atoms with Gasteiger partial charge in [0.25, 0.3) is 11.5 Å². The van der Waals surface area contributed by atoms with E-state index in [1.807, 2.05) is 30.3 Å². The molecule has 172 valence electrons. The van der Waals surface area contributed by atoms with Gasteiger partial charge < -0.3 is 5.73 Å². The number of anilines is 2. The van der Waals surface area contributed by atoms with E-state index in [0.717, 1.165) is 42.6 Å². The van der Waals surface area contributed by atoms with Crippen LogP contribution in [0.1, 0.15) is 47.3 Å². The molecule has 0 bridgehead atoms. The molecular weight excluding hydrogens is 460 g/mol. The number of hydrogen-bond acceptors (Lipinski definition) is 5. The Balaban J connectivity index is 1.75. The van der Waals surface area contributed by atoms with Gasteiger partial charge in [0.15, 0.2) is 5.69 Å². The van der Waals surface area contributed by atoms with Crippen LogP contribution in [0.5, 0.6) is 0 Å². The van der Waals surface area contributed by atoms with E-state index in [1.165, 1.54) is 15.0 Å². The van der Waals surface area contributed by atoms with Gasteiger partial charge in [-0.3, -0.25) is 24.0 Å². The topological polar surface area (TPSA) is 101 Å². The summed E-state index contributed by atoms with van der Waals surface area (Å²) >= 11 is 7.19. The number of carbonyl (C=O) groups is 1. The fourth-order valence-corrected chi connectivity index (χ4v) is 5.02. The molecule has 1 aliphatic rings. The molecule has 0 unspecified atom stereocenters. The summed E-state index contributed by atoms with van der Waals surface area (Å²) in [6, 6.07) is 12.6. The Kier molecular flexibility index (Phi) is 7.15. The lowest BCUT2D eigenvalue weighted by Crippen LogP contribution is -2.41. The van der Waals surface area contributed by atoms with Crippen molar-refractivity contribution in [1.29, 1.82) is 0 Å². The van der Waals surface area contributed by atoms with Crippen LogP contribution in [0.25, 0.3) is 0 Å². The molecular formula is C24H25ClN4O3S. The molecule has 0 spiro atoms. The third-order valence-electron chi connectivity index (χ3n) is 5.74. The van der Waals surface area contributed by atoms with Gasteiger partial charge in [-0.25, -0.2) is 4.79 Å². The minimum absolute atomic E-state index is 0.0172. The third-order valence-corrected chi connectivity index (χ3v) is 6.96. The summed E-state index contributed by atoms with van der Waals surface area (Å²) in [7, 11) is 0. The second-order valence-electron chi connectivity index (χ2n) is 7.98. The monoisotopic (exact) mass is 484 g/mol. The maximum absolute atomic E-state index is 13.5. The smallest absolute Gasteiger partial charge is 0.330 e. The highest BCUT2D eigenvalue weighted by molar-refractivity contribution is 7.18. The van der Waals surface area contributed by atoms with Crippen LogP contribution in [-0.2, 0) is 6.54 Å². The van der Waals surface area contributed by atoms with Crippen LogP contribution in [0.15, 0.2) is 63.7 Å². The van der Waals surface area contributed by atoms with Crippen molar-refractivity contribution in [3.8, 4) is 0 Å². The van der Waals surface area contributed by atoms with Crippen molar-refractivity contribution in [2.75, 3.05) is 17.2 Å². The van der Waals surface area contributed by atoms with E-state index in [4.69, 9.17) is 17.3 Å². The van der Waals surface area contributed by atoms with Crippen LogP contribution in [-0.4, -0.2) is 22.0 Å². The van der Waals surface area contributed by atoms with Gasteiger partial charge in [-0.1, -0.05) is 53.6 Å². The first-order valence-corrected chi connectivity index (χ1v) is 12.0. The van der Waals surface area contributed by atoms with Crippen LogP contribution in [0.4, 0.5) is 11.5 Å². The number of thiophene rings is 1. The quantitative estimate of drug-likeness (QED) is 0.484. The van der Waals surface area contributed by atoms with Gasteiger partial charge in [0.2, 0.25) is 0 Å². The molecule has 0 radical (unpaired) electrons. The maximum atomic E-state index is 13.5. The Morgan fingerprint density at radius 3 is 2.61 bits per heavy atom. The molecule has 0 fully saturated rings. The van der Waals surface area contributed by atoms with Crippen molar-refractivity contribution in [2.45, 2.75) is 38.6 Å². The summed E-state index contributed by atoms with van der Waals surface area (Å²) in [4.78, 5) is 43.1. The summed E-state index contributed by atoms with van der Waals surface area (Å²) in [6.07, 6.45) is 7.11. The number of nitrogens with zero attached hydrogens (tertiary/aromatic N) is 2. The summed E-state index contributed by atoms with van der Waals surface area (Å²) in [5.41, 5.74) is 7.16. The predicted octanol–water partition coefficient (Wildman–Crippen LogP) is 4.42. The third kappa shape index (κ3) is 5.29. The van der Waals surface area contributed by atoms with Crippen molar-refractivity contribution in [1.82, 2.24) is 9.55 Å². The molecule has 7 nitrogen and oxygen atoms in total. The molecule has 0 aliphatic heterocycles.